The number of anilines is 1. The van der Waals surface area contributed by atoms with Gasteiger partial charge in [-0.15, -0.1) is 0 Å². The van der Waals surface area contributed by atoms with Crippen LogP contribution >= 0.6 is 11.8 Å². The van der Waals surface area contributed by atoms with Crippen molar-refractivity contribution in [1.82, 2.24) is 9.55 Å². The van der Waals surface area contributed by atoms with Gasteiger partial charge in [-0.05, 0) is 31.2 Å². The molecule has 6 heteroatoms. The average molecular weight is 353 g/mol. The van der Waals surface area contributed by atoms with Crippen LogP contribution in [0, 0.1) is 6.92 Å². The number of benzene rings is 2. The second-order valence-corrected chi connectivity index (χ2v) is 6.43. The van der Waals surface area contributed by atoms with Gasteiger partial charge in [-0.2, -0.15) is 0 Å². The average Bonchev–Trinajstić information content (AvgIpc) is 3.10. The van der Waals surface area contributed by atoms with Gasteiger partial charge in [0.15, 0.2) is 5.16 Å². The summed E-state index contributed by atoms with van der Waals surface area (Å²) in [5.74, 6) is 1.00. The van der Waals surface area contributed by atoms with E-state index in [1.807, 2.05) is 66.2 Å². The lowest BCUT2D eigenvalue weighted by atomic mass is 10.2. The highest BCUT2D eigenvalue weighted by Crippen LogP contribution is 2.23. The summed E-state index contributed by atoms with van der Waals surface area (Å²) in [7, 11) is 1.64. The van der Waals surface area contributed by atoms with E-state index in [2.05, 4.69) is 10.3 Å². The first kappa shape index (κ1) is 17.1. The Morgan fingerprint density at radius 2 is 2.04 bits per heavy atom. The molecule has 25 heavy (non-hydrogen) atoms. The Balaban J connectivity index is 1.65. The van der Waals surface area contributed by atoms with Crippen molar-refractivity contribution in [2.45, 2.75) is 12.1 Å². The normalized spacial score (nSPS) is 10.5. The second-order valence-electron chi connectivity index (χ2n) is 5.48. The highest BCUT2D eigenvalue weighted by atomic mass is 32.2. The highest BCUT2D eigenvalue weighted by molar-refractivity contribution is 7.99. The number of nitrogens with zero attached hydrogens (tertiary/aromatic N) is 2. The molecule has 3 rings (SSSR count). The standard InChI is InChI=1S/C19H19N3O2S/c1-14-6-8-15(9-7-14)21-18(23)13-25-19-20-10-11-22(19)16-4-3-5-17(12-16)24-2/h3-12H,13H2,1-2H3,(H,21,23). The molecule has 0 atom stereocenters. The van der Waals surface area contributed by atoms with Crippen LogP contribution in [0.3, 0.4) is 0 Å². The maximum absolute atomic E-state index is 12.2. The predicted octanol–water partition coefficient (Wildman–Crippen LogP) is 3.92. The van der Waals surface area contributed by atoms with Gasteiger partial charge in [-0.1, -0.05) is 35.5 Å². The van der Waals surface area contributed by atoms with Gasteiger partial charge in [-0.3, -0.25) is 9.36 Å². The van der Waals surface area contributed by atoms with E-state index in [9.17, 15) is 4.79 Å². The third kappa shape index (κ3) is 4.42. The molecule has 0 aliphatic rings. The van der Waals surface area contributed by atoms with Crippen LogP contribution in [0.2, 0.25) is 0 Å². The van der Waals surface area contributed by atoms with Crippen molar-refractivity contribution in [3.05, 3.63) is 66.5 Å². The van der Waals surface area contributed by atoms with Crippen LogP contribution in [0.1, 0.15) is 5.56 Å². The topological polar surface area (TPSA) is 56.2 Å². The number of carbonyl (C=O) groups excluding carboxylic acids is 1. The van der Waals surface area contributed by atoms with E-state index < -0.39 is 0 Å². The van der Waals surface area contributed by atoms with Gasteiger partial charge in [0.05, 0.1) is 18.6 Å². The Morgan fingerprint density at radius 1 is 1.24 bits per heavy atom. The van der Waals surface area contributed by atoms with E-state index in [4.69, 9.17) is 4.74 Å². The molecule has 3 aromatic rings. The van der Waals surface area contributed by atoms with Crippen LogP contribution in [0.15, 0.2) is 66.1 Å². The first-order valence-corrected chi connectivity index (χ1v) is 8.81. The number of hydrogen-bond donors (Lipinski definition) is 1. The summed E-state index contributed by atoms with van der Waals surface area (Å²) in [6, 6.07) is 15.5. The second kappa shape index (κ2) is 7.90. The van der Waals surface area contributed by atoms with Gasteiger partial charge >= 0.3 is 0 Å². The van der Waals surface area contributed by atoms with Crippen molar-refractivity contribution >= 4 is 23.4 Å². The van der Waals surface area contributed by atoms with Crippen LogP contribution in [-0.4, -0.2) is 28.3 Å². The van der Waals surface area contributed by atoms with Crippen molar-refractivity contribution in [1.29, 1.82) is 0 Å². The van der Waals surface area contributed by atoms with E-state index in [1.165, 1.54) is 11.8 Å². The van der Waals surface area contributed by atoms with Crippen LogP contribution < -0.4 is 10.1 Å². The smallest absolute Gasteiger partial charge is 0.234 e. The number of rotatable bonds is 6. The monoisotopic (exact) mass is 353 g/mol. The molecule has 0 spiro atoms. The number of carbonyl (C=O) groups is 1. The molecule has 0 aliphatic heterocycles. The van der Waals surface area contributed by atoms with Gasteiger partial charge in [0, 0.05) is 24.1 Å². The number of aromatic nitrogens is 2. The number of aryl methyl sites for hydroxylation is 1. The molecule has 0 saturated heterocycles. The summed E-state index contributed by atoms with van der Waals surface area (Å²) in [6.45, 7) is 2.01. The minimum Gasteiger partial charge on any atom is -0.497 e. The van der Waals surface area contributed by atoms with E-state index in [1.54, 1.807) is 13.3 Å². The molecular weight excluding hydrogens is 334 g/mol. The number of ether oxygens (including phenoxy) is 1. The van der Waals surface area contributed by atoms with E-state index in [0.717, 1.165) is 27.8 Å². The third-order valence-electron chi connectivity index (χ3n) is 3.61. The quantitative estimate of drug-likeness (QED) is 0.683. The van der Waals surface area contributed by atoms with Crippen molar-refractivity contribution < 1.29 is 9.53 Å². The zero-order chi connectivity index (χ0) is 17.6. The fourth-order valence-electron chi connectivity index (χ4n) is 2.32. The minimum absolute atomic E-state index is 0.0611. The molecule has 1 aromatic heterocycles. The van der Waals surface area contributed by atoms with Gasteiger partial charge in [0.25, 0.3) is 0 Å². The summed E-state index contributed by atoms with van der Waals surface area (Å²) in [4.78, 5) is 16.5. The lowest BCUT2D eigenvalue weighted by Gasteiger charge is -2.09. The number of amides is 1. The molecule has 0 bridgehead atoms. The summed E-state index contributed by atoms with van der Waals surface area (Å²) < 4.78 is 7.20. The Labute approximate surface area is 151 Å². The fraction of sp³-hybridized carbons (Fsp3) is 0.158. The van der Waals surface area contributed by atoms with Crippen molar-refractivity contribution in [2.24, 2.45) is 0 Å². The molecule has 0 saturated carbocycles. The zero-order valence-electron chi connectivity index (χ0n) is 14.1. The third-order valence-corrected chi connectivity index (χ3v) is 4.57. The molecule has 0 aliphatic carbocycles. The van der Waals surface area contributed by atoms with Crippen LogP contribution in [-0.2, 0) is 4.79 Å². The summed E-state index contributed by atoms with van der Waals surface area (Å²) in [6.07, 6.45) is 3.59. The zero-order valence-corrected chi connectivity index (χ0v) is 14.9. The molecular formula is C19H19N3O2S. The van der Waals surface area contributed by atoms with E-state index in [-0.39, 0.29) is 11.7 Å². The fourth-order valence-corrected chi connectivity index (χ4v) is 3.09. The number of methoxy groups -OCH3 is 1. The Morgan fingerprint density at radius 3 is 2.80 bits per heavy atom. The van der Waals surface area contributed by atoms with Gasteiger partial charge in [0.1, 0.15) is 5.75 Å². The van der Waals surface area contributed by atoms with E-state index >= 15 is 0 Å². The maximum Gasteiger partial charge on any atom is 0.234 e. The highest BCUT2D eigenvalue weighted by Gasteiger charge is 2.10. The molecule has 1 amide bonds. The van der Waals surface area contributed by atoms with Crippen LogP contribution in [0.25, 0.3) is 5.69 Å². The molecule has 1 N–H and O–H groups in total. The summed E-state index contributed by atoms with van der Waals surface area (Å²) in [5, 5.41) is 3.65. The SMILES string of the molecule is COc1cccc(-n2ccnc2SCC(=O)Nc2ccc(C)cc2)c1. The summed E-state index contributed by atoms with van der Waals surface area (Å²) in [5.41, 5.74) is 2.90. The number of nitrogens with one attached hydrogen (secondary N) is 1. The first-order chi connectivity index (χ1) is 12.2. The Hall–Kier alpha value is -2.73. The van der Waals surface area contributed by atoms with Crippen molar-refractivity contribution in [2.75, 3.05) is 18.2 Å². The minimum atomic E-state index is -0.0611. The lowest BCUT2D eigenvalue weighted by molar-refractivity contribution is -0.113. The van der Waals surface area contributed by atoms with Crippen molar-refractivity contribution in [3.63, 3.8) is 0 Å². The maximum atomic E-state index is 12.2. The first-order valence-electron chi connectivity index (χ1n) is 7.83. The number of thioether (sulfide) groups is 1. The molecule has 0 radical (unpaired) electrons. The lowest BCUT2D eigenvalue weighted by Crippen LogP contribution is -2.14. The van der Waals surface area contributed by atoms with E-state index in [0.29, 0.717) is 0 Å². The van der Waals surface area contributed by atoms with Crippen LogP contribution in [0.4, 0.5) is 5.69 Å². The molecule has 128 valence electrons. The van der Waals surface area contributed by atoms with Gasteiger partial charge in [0.2, 0.25) is 5.91 Å². The van der Waals surface area contributed by atoms with Crippen LogP contribution in [0.5, 0.6) is 5.75 Å². The molecule has 0 unspecified atom stereocenters. The Kier molecular flexibility index (Phi) is 5.40. The summed E-state index contributed by atoms with van der Waals surface area (Å²) >= 11 is 1.39. The molecule has 1 heterocycles. The largest absolute Gasteiger partial charge is 0.497 e. The van der Waals surface area contributed by atoms with Gasteiger partial charge in [-0.25, -0.2) is 4.98 Å². The Bertz CT molecular complexity index is 859. The number of imidazole rings is 1. The molecule has 0 fully saturated rings. The number of hydrogen-bond acceptors (Lipinski definition) is 4. The van der Waals surface area contributed by atoms with Crippen molar-refractivity contribution in [3.8, 4) is 11.4 Å². The molecule has 5 nitrogen and oxygen atoms in total. The predicted molar refractivity (Wildman–Crippen MR) is 101 cm³/mol. The molecule has 2 aromatic carbocycles. The van der Waals surface area contributed by atoms with Gasteiger partial charge < -0.3 is 10.1 Å².